The van der Waals surface area contributed by atoms with E-state index in [-0.39, 0.29) is 5.91 Å². The highest BCUT2D eigenvalue weighted by Crippen LogP contribution is 2.37. The molecule has 1 amide bonds. The summed E-state index contributed by atoms with van der Waals surface area (Å²) >= 11 is 0. The van der Waals surface area contributed by atoms with Gasteiger partial charge in [0.1, 0.15) is 11.4 Å². The third kappa shape index (κ3) is 2.12. The Morgan fingerprint density at radius 1 is 1.42 bits per heavy atom. The van der Waals surface area contributed by atoms with Crippen molar-refractivity contribution >= 4 is 17.8 Å². The minimum Gasteiger partial charge on any atom is -0.483 e. The van der Waals surface area contributed by atoms with Crippen LogP contribution in [0.15, 0.2) is 29.6 Å². The molecule has 0 spiro atoms. The van der Waals surface area contributed by atoms with Gasteiger partial charge in [-0.05, 0) is 32.4 Å². The van der Waals surface area contributed by atoms with Crippen LogP contribution in [0.2, 0.25) is 0 Å². The molecule has 0 aromatic carbocycles. The van der Waals surface area contributed by atoms with E-state index in [1.54, 1.807) is 18.6 Å². The summed E-state index contributed by atoms with van der Waals surface area (Å²) in [5, 5.41) is 5.66. The number of hydrazone groups is 1. The lowest BCUT2D eigenvalue weighted by Crippen LogP contribution is -2.35. The number of nitrogens with zero attached hydrogens (tertiary/aromatic N) is 3. The van der Waals surface area contributed by atoms with E-state index < -0.39 is 5.60 Å². The van der Waals surface area contributed by atoms with Crippen LogP contribution in [0, 0.1) is 0 Å². The van der Waals surface area contributed by atoms with Crippen LogP contribution in [0.4, 0.5) is 0 Å². The largest absolute Gasteiger partial charge is 0.483 e. The topological polar surface area (TPSA) is 54.8 Å². The first kappa shape index (κ1) is 11.9. The van der Waals surface area contributed by atoms with Gasteiger partial charge in [-0.15, -0.1) is 0 Å². The van der Waals surface area contributed by atoms with Crippen LogP contribution in [-0.2, 0) is 4.79 Å². The molecule has 2 aliphatic heterocycles. The lowest BCUT2D eigenvalue weighted by Gasteiger charge is -2.33. The molecule has 0 bridgehead atoms. The molecule has 0 fully saturated rings. The van der Waals surface area contributed by atoms with Gasteiger partial charge in [0, 0.05) is 25.0 Å². The molecule has 1 aromatic rings. The molecule has 0 atom stereocenters. The maximum Gasteiger partial charge on any atom is 0.247 e. The number of fused-ring (bicyclic) bond motifs is 1. The molecule has 2 aliphatic rings. The number of aromatic nitrogens is 1. The number of ether oxygens (including phenoxy) is 1. The summed E-state index contributed by atoms with van der Waals surface area (Å²) in [6, 6.07) is 1.81. The van der Waals surface area contributed by atoms with Crippen molar-refractivity contribution < 1.29 is 9.53 Å². The molecular weight excluding hydrogens is 242 g/mol. The van der Waals surface area contributed by atoms with E-state index in [0.717, 1.165) is 17.0 Å². The lowest BCUT2D eigenvalue weighted by atomic mass is 10.00. The fourth-order valence-electron chi connectivity index (χ4n) is 2.25. The van der Waals surface area contributed by atoms with Crippen LogP contribution >= 0.6 is 0 Å². The van der Waals surface area contributed by atoms with E-state index in [1.165, 1.54) is 5.01 Å². The van der Waals surface area contributed by atoms with Crippen LogP contribution in [0.5, 0.6) is 5.75 Å². The average Bonchev–Trinajstić information content (AvgIpc) is 2.37. The summed E-state index contributed by atoms with van der Waals surface area (Å²) < 4.78 is 5.87. The van der Waals surface area contributed by atoms with Gasteiger partial charge >= 0.3 is 0 Å². The Hall–Kier alpha value is -2.17. The summed E-state index contributed by atoms with van der Waals surface area (Å²) in [6.07, 6.45) is 8.24. The number of carbonyl (C=O) groups is 1. The van der Waals surface area contributed by atoms with Crippen LogP contribution in [0.3, 0.4) is 0 Å². The molecule has 3 rings (SSSR count). The molecule has 3 heterocycles. The van der Waals surface area contributed by atoms with Gasteiger partial charge in [-0.3, -0.25) is 9.78 Å². The second kappa shape index (κ2) is 4.19. The Balaban J connectivity index is 2.12. The molecule has 5 nitrogen and oxygen atoms in total. The van der Waals surface area contributed by atoms with E-state index in [1.807, 2.05) is 26.0 Å². The minimum absolute atomic E-state index is 0.00116. The lowest BCUT2D eigenvalue weighted by molar-refractivity contribution is -0.128. The first-order valence-corrected chi connectivity index (χ1v) is 6.28. The predicted octanol–water partition coefficient (Wildman–Crippen LogP) is 2.20. The highest BCUT2D eigenvalue weighted by molar-refractivity contribution is 5.91. The van der Waals surface area contributed by atoms with E-state index >= 15 is 0 Å². The number of amides is 1. The Labute approximate surface area is 111 Å². The maximum atomic E-state index is 12.0. The van der Waals surface area contributed by atoms with Gasteiger partial charge in [0.25, 0.3) is 0 Å². The van der Waals surface area contributed by atoms with Gasteiger partial charge in [-0.1, -0.05) is 0 Å². The standard InChI is InChI=1S/C14H15N3O2/c1-14(2)8-11(17-13(18)4-3-6-16-17)10-9-15-7-5-12(10)19-14/h5-9H,3-4H2,1-2H3. The minimum atomic E-state index is -0.475. The van der Waals surface area contributed by atoms with E-state index in [2.05, 4.69) is 10.1 Å². The molecule has 19 heavy (non-hydrogen) atoms. The van der Waals surface area contributed by atoms with Crippen molar-refractivity contribution in [1.29, 1.82) is 0 Å². The molecule has 0 saturated carbocycles. The first-order chi connectivity index (χ1) is 9.07. The number of rotatable bonds is 1. The molecule has 0 radical (unpaired) electrons. The van der Waals surface area contributed by atoms with Crippen molar-refractivity contribution in [1.82, 2.24) is 9.99 Å². The van der Waals surface area contributed by atoms with Crippen molar-refractivity contribution in [3.8, 4) is 5.75 Å². The van der Waals surface area contributed by atoms with Crippen LogP contribution in [0.1, 0.15) is 32.3 Å². The van der Waals surface area contributed by atoms with E-state index in [0.29, 0.717) is 12.8 Å². The molecule has 1 aromatic heterocycles. The molecule has 0 aliphatic carbocycles. The summed E-state index contributed by atoms with van der Waals surface area (Å²) in [4.78, 5) is 16.1. The van der Waals surface area contributed by atoms with Crippen molar-refractivity contribution in [3.05, 3.63) is 30.1 Å². The monoisotopic (exact) mass is 257 g/mol. The SMILES string of the molecule is CC1(C)C=C(N2N=CCCC2=O)c2cnccc2O1. The number of hydrogen-bond donors (Lipinski definition) is 0. The molecule has 0 unspecified atom stereocenters. The fourth-order valence-corrected chi connectivity index (χ4v) is 2.25. The van der Waals surface area contributed by atoms with Crippen LogP contribution in [0.25, 0.3) is 5.70 Å². The zero-order chi connectivity index (χ0) is 13.5. The molecule has 0 saturated heterocycles. The molecular formula is C14H15N3O2. The average molecular weight is 257 g/mol. The second-order valence-corrected chi connectivity index (χ2v) is 5.15. The second-order valence-electron chi connectivity index (χ2n) is 5.15. The smallest absolute Gasteiger partial charge is 0.247 e. The van der Waals surface area contributed by atoms with Crippen molar-refractivity contribution in [2.45, 2.75) is 32.3 Å². The first-order valence-electron chi connectivity index (χ1n) is 6.28. The van der Waals surface area contributed by atoms with Gasteiger partial charge in [0.05, 0.1) is 11.3 Å². The quantitative estimate of drug-likeness (QED) is 0.775. The fraction of sp³-hybridized carbons (Fsp3) is 0.357. The van der Waals surface area contributed by atoms with Gasteiger partial charge < -0.3 is 4.74 Å². The normalized spacial score (nSPS) is 20.6. The zero-order valence-corrected chi connectivity index (χ0v) is 11.0. The predicted molar refractivity (Wildman–Crippen MR) is 71.5 cm³/mol. The van der Waals surface area contributed by atoms with Gasteiger partial charge in [0.15, 0.2) is 0 Å². The van der Waals surface area contributed by atoms with Gasteiger partial charge in [-0.25, -0.2) is 5.01 Å². The zero-order valence-electron chi connectivity index (χ0n) is 11.0. The van der Waals surface area contributed by atoms with E-state index in [4.69, 9.17) is 4.74 Å². The Bertz CT molecular complexity index is 590. The molecule has 0 N–H and O–H groups in total. The van der Waals surface area contributed by atoms with Crippen molar-refractivity contribution in [3.63, 3.8) is 0 Å². The number of pyridine rings is 1. The Kier molecular flexibility index (Phi) is 2.62. The van der Waals surface area contributed by atoms with Gasteiger partial charge in [0.2, 0.25) is 5.91 Å². The molecule has 5 heteroatoms. The highest BCUT2D eigenvalue weighted by Gasteiger charge is 2.32. The Morgan fingerprint density at radius 3 is 3.05 bits per heavy atom. The van der Waals surface area contributed by atoms with Crippen molar-refractivity contribution in [2.75, 3.05) is 0 Å². The van der Waals surface area contributed by atoms with Crippen molar-refractivity contribution in [2.24, 2.45) is 5.10 Å². The summed E-state index contributed by atoms with van der Waals surface area (Å²) in [5.74, 6) is 0.729. The summed E-state index contributed by atoms with van der Waals surface area (Å²) in [7, 11) is 0. The van der Waals surface area contributed by atoms with Gasteiger partial charge in [-0.2, -0.15) is 5.10 Å². The Morgan fingerprint density at radius 2 is 2.26 bits per heavy atom. The third-order valence-corrected chi connectivity index (χ3v) is 3.06. The highest BCUT2D eigenvalue weighted by atomic mass is 16.5. The number of carbonyl (C=O) groups excluding carboxylic acids is 1. The van der Waals surface area contributed by atoms with Crippen LogP contribution < -0.4 is 4.74 Å². The van der Waals surface area contributed by atoms with Crippen LogP contribution in [-0.4, -0.2) is 27.7 Å². The maximum absolute atomic E-state index is 12.0. The van der Waals surface area contributed by atoms with E-state index in [9.17, 15) is 4.79 Å². The third-order valence-electron chi connectivity index (χ3n) is 3.06. The summed E-state index contributed by atoms with van der Waals surface area (Å²) in [6.45, 7) is 3.91. The molecule has 98 valence electrons. The number of hydrogen-bond acceptors (Lipinski definition) is 4. The summed E-state index contributed by atoms with van der Waals surface area (Å²) in [5.41, 5.74) is 1.08.